The summed E-state index contributed by atoms with van der Waals surface area (Å²) in [5, 5.41) is 0. The van der Waals surface area contributed by atoms with Crippen molar-refractivity contribution in [1.82, 2.24) is 4.98 Å². The standard InChI is InChI=1S/C12H10BrFN2O/c13-9-2-3-10(14)11(5-9)17-7-8-1-4-12(15)16-6-8/h1-6H,7H2,(H2,15,16). The van der Waals surface area contributed by atoms with E-state index in [-0.39, 0.29) is 12.4 Å². The molecule has 5 heteroatoms. The Morgan fingerprint density at radius 2 is 2.12 bits per heavy atom. The van der Waals surface area contributed by atoms with Crippen molar-refractivity contribution in [3.8, 4) is 5.75 Å². The Balaban J connectivity index is 2.07. The first kappa shape index (κ1) is 11.9. The van der Waals surface area contributed by atoms with Crippen molar-refractivity contribution in [1.29, 1.82) is 0 Å². The van der Waals surface area contributed by atoms with E-state index in [4.69, 9.17) is 10.5 Å². The van der Waals surface area contributed by atoms with Crippen LogP contribution in [0.5, 0.6) is 5.75 Å². The molecule has 0 aliphatic carbocycles. The van der Waals surface area contributed by atoms with Gasteiger partial charge in [0, 0.05) is 16.2 Å². The molecule has 0 spiro atoms. The van der Waals surface area contributed by atoms with Crippen molar-refractivity contribution in [3.63, 3.8) is 0 Å². The normalized spacial score (nSPS) is 10.2. The fourth-order valence-corrected chi connectivity index (χ4v) is 1.61. The van der Waals surface area contributed by atoms with Crippen LogP contribution in [0.25, 0.3) is 0 Å². The summed E-state index contributed by atoms with van der Waals surface area (Å²) < 4.78 is 19.5. The molecule has 0 saturated heterocycles. The van der Waals surface area contributed by atoms with Crippen molar-refractivity contribution in [2.75, 3.05) is 5.73 Å². The lowest BCUT2D eigenvalue weighted by atomic mass is 10.3. The SMILES string of the molecule is Nc1ccc(COc2cc(Br)ccc2F)cn1. The summed E-state index contributed by atoms with van der Waals surface area (Å²) in [6, 6.07) is 8.02. The molecule has 2 aromatic rings. The largest absolute Gasteiger partial charge is 0.486 e. The molecule has 0 unspecified atom stereocenters. The van der Waals surface area contributed by atoms with Crippen LogP contribution in [0.4, 0.5) is 10.2 Å². The number of aromatic nitrogens is 1. The maximum Gasteiger partial charge on any atom is 0.165 e. The van der Waals surface area contributed by atoms with Crippen molar-refractivity contribution in [2.45, 2.75) is 6.61 Å². The molecule has 0 aliphatic heterocycles. The minimum Gasteiger partial charge on any atom is -0.486 e. The van der Waals surface area contributed by atoms with Gasteiger partial charge < -0.3 is 10.5 Å². The van der Waals surface area contributed by atoms with E-state index >= 15 is 0 Å². The molecule has 2 N–H and O–H groups in total. The number of ether oxygens (including phenoxy) is 1. The van der Waals surface area contributed by atoms with E-state index in [0.29, 0.717) is 5.82 Å². The lowest BCUT2D eigenvalue weighted by Crippen LogP contribution is -1.99. The Morgan fingerprint density at radius 3 is 2.82 bits per heavy atom. The average molecular weight is 297 g/mol. The molecule has 0 saturated carbocycles. The molecule has 88 valence electrons. The third-order valence-electron chi connectivity index (χ3n) is 2.14. The number of nitrogens with zero attached hydrogens (tertiary/aromatic N) is 1. The number of halogens is 2. The lowest BCUT2D eigenvalue weighted by Gasteiger charge is -2.07. The van der Waals surface area contributed by atoms with E-state index in [2.05, 4.69) is 20.9 Å². The summed E-state index contributed by atoms with van der Waals surface area (Å²) in [5.74, 6) is 0.259. The average Bonchev–Trinajstić information content (AvgIpc) is 2.32. The van der Waals surface area contributed by atoms with Crippen LogP contribution in [0.1, 0.15) is 5.56 Å². The van der Waals surface area contributed by atoms with Gasteiger partial charge in [-0.2, -0.15) is 0 Å². The van der Waals surface area contributed by atoms with Gasteiger partial charge in [0.15, 0.2) is 11.6 Å². The Labute approximate surface area is 107 Å². The van der Waals surface area contributed by atoms with Gasteiger partial charge in [-0.25, -0.2) is 9.37 Å². The van der Waals surface area contributed by atoms with E-state index in [9.17, 15) is 4.39 Å². The fraction of sp³-hybridized carbons (Fsp3) is 0.0833. The van der Waals surface area contributed by atoms with E-state index in [1.54, 1.807) is 30.5 Å². The predicted octanol–water partition coefficient (Wildman–Crippen LogP) is 3.14. The topological polar surface area (TPSA) is 48.1 Å². The van der Waals surface area contributed by atoms with Crippen LogP contribution in [-0.2, 0) is 6.61 Å². The van der Waals surface area contributed by atoms with Crippen LogP contribution in [0.3, 0.4) is 0 Å². The highest BCUT2D eigenvalue weighted by atomic mass is 79.9. The molecule has 0 radical (unpaired) electrons. The van der Waals surface area contributed by atoms with Gasteiger partial charge in [0.25, 0.3) is 0 Å². The zero-order valence-corrected chi connectivity index (χ0v) is 10.4. The number of pyridine rings is 1. The summed E-state index contributed by atoms with van der Waals surface area (Å²) in [6.45, 7) is 0.251. The minimum atomic E-state index is -0.392. The van der Waals surface area contributed by atoms with Crippen LogP contribution >= 0.6 is 15.9 Å². The Bertz CT molecular complexity index is 516. The number of hydrogen-bond donors (Lipinski definition) is 1. The minimum absolute atomic E-state index is 0.205. The first-order valence-corrected chi connectivity index (χ1v) is 5.73. The van der Waals surface area contributed by atoms with Crippen molar-refractivity contribution in [3.05, 3.63) is 52.4 Å². The summed E-state index contributed by atoms with van der Waals surface area (Å²) in [5.41, 5.74) is 6.29. The summed E-state index contributed by atoms with van der Waals surface area (Å²) >= 11 is 3.26. The second kappa shape index (κ2) is 5.14. The monoisotopic (exact) mass is 296 g/mol. The van der Waals surface area contributed by atoms with Gasteiger partial charge in [-0.3, -0.25) is 0 Å². The third-order valence-corrected chi connectivity index (χ3v) is 2.63. The van der Waals surface area contributed by atoms with Gasteiger partial charge >= 0.3 is 0 Å². The van der Waals surface area contributed by atoms with Crippen LogP contribution in [-0.4, -0.2) is 4.98 Å². The van der Waals surface area contributed by atoms with Crippen molar-refractivity contribution in [2.24, 2.45) is 0 Å². The number of nitrogens with two attached hydrogens (primary N) is 1. The highest BCUT2D eigenvalue weighted by molar-refractivity contribution is 9.10. The predicted molar refractivity (Wildman–Crippen MR) is 67.1 cm³/mol. The molecule has 2 rings (SSSR count). The second-order valence-electron chi connectivity index (χ2n) is 3.45. The first-order chi connectivity index (χ1) is 8.15. The summed E-state index contributed by atoms with van der Waals surface area (Å²) in [7, 11) is 0. The summed E-state index contributed by atoms with van der Waals surface area (Å²) in [4.78, 5) is 3.93. The Morgan fingerprint density at radius 1 is 1.29 bits per heavy atom. The van der Waals surface area contributed by atoms with E-state index < -0.39 is 5.82 Å². The molecule has 1 heterocycles. The second-order valence-corrected chi connectivity index (χ2v) is 4.37. The van der Waals surface area contributed by atoms with Gasteiger partial charge in [0.2, 0.25) is 0 Å². The maximum absolute atomic E-state index is 13.4. The van der Waals surface area contributed by atoms with Gasteiger partial charge in [0.05, 0.1) is 0 Å². The molecule has 0 fully saturated rings. The summed E-state index contributed by atoms with van der Waals surface area (Å²) in [6.07, 6.45) is 1.60. The van der Waals surface area contributed by atoms with E-state index in [1.165, 1.54) is 6.07 Å². The van der Waals surface area contributed by atoms with Gasteiger partial charge in [-0.15, -0.1) is 0 Å². The van der Waals surface area contributed by atoms with E-state index in [1.807, 2.05) is 0 Å². The molecule has 17 heavy (non-hydrogen) atoms. The van der Waals surface area contributed by atoms with Crippen LogP contribution in [0.15, 0.2) is 41.0 Å². The lowest BCUT2D eigenvalue weighted by molar-refractivity contribution is 0.289. The molecule has 1 aromatic heterocycles. The quantitative estimate of drug-likeness (QED) is 0.946. The Hall–Kier alpha value is -1.62. The molecule has 0 atom stereocenters. The number of benzene rings is 1. The van der Waals surface area contributed by atoms with Gasteiger partial charge in [-0.05, 0) is 24.3 Å². The molecule has 3 nitrogen and oxygen atoms in total. The molecule has 0 amide bonds. The van der Waals surface area contributed by atoms with Crippen molar-refractivity contribution >= 4 is 21.7 Å². The van der Waals surface area contributed by atoms with Crippen LogP contribution in [0.2, 0.25) is 0 Å². The molecular weight excluding hydrogens is 287 g/mol. The number of hydrogen-bond acceptors (Lipinski definition) is 3. The van der Waals surface area contributed by atoms with Gasteiger partial charge in [-0.1, -0.05) is 22.0 Å². The van der Waals surface area contributed by atoms with E-state index in [0.717, 1.165) is 10.0 Å². The molecule has 1 aromatic carbocycles. The Kier molecular flexibility index (Phi) is 3.58. The molecule has 0 bridgehead atoms. The third kappa shape index (κ3) is 3.17. The number of rotatable bonds is 3. The maximum atomic E-state index is 13.4. The zero-order valence-electron chi connectivity index (χ0n) is 8.86. The van der Waals surface area contributed by atoms with Crippen molar-refractivity contribution < 1.29 is 9.13 Å². The molecule has 0 aliphatic rings. The highest BCUT2D eigenvalue weighted by Gasteiger charge is 2.04. The first-order valence-electron chi connectivity index (χ1n) is 4.93. The van der Waals surface area contributed by atoms with Crippen LogP contribution in [0, 0.1) is 5.82 Å². The smallest absolute Gasteiger partial charge is 0.165 e. The highest BCUT2D eigenvalue weighted by Crippen LogP contribution is 2.23. The van der Waals surface area contributed by atoms with Gasteiger partial charge in [0.1, 0.15) is 12.4 Å². The number of anilines is 1. The zero-order chi connectivity index (χ0) is 12.3. The number of nitrogen functional groups attached to an aromatic ring is 1. The fourth-order valence-electron chi connectivity index (χ4n) is 1.27. The van der Waals surface area contributed by atoms with Crippen LogP contribution < -0.4 is 10.5 Å². The molecular formula is C12H10BrFN2O.